The van der Waals surface area contributed by atoms with E-state index in [9.17, 15) is 4.79 Å². The standard InChI is InChI=1S/C10H12IN5O/c1-15(5-7-3-13-16(2)6-7)10(17)9-8(11)4-12-14-9/h3-4,6H,5H2,1-2H3,(H,12,14). The molecule has 1 amide bonds. The number of aromatic nitrogens is 4. The lowest BCUT2D eigenvalue weighted by molar-refractivity contribution is 0.0778. The van der Waals surface area contributed by atoms with Crippen LogP contribution in [0.25, 0.3) is 0 Å². The molecule has 90 valence electrons. The summed E-state index contributed by atoms with van der Waals surface area (Å²) in [6.07, 6.45) is 5.27. The van der Waals surface area contributed by atoms with E-state index in [2.05, 4.69) is 37.9 Å². The average molecular weight is 345 g/mol. The maximum atomic E-state index is 12.1. The number of halogens is 1. The third kappa shape index (κ3) is 2.65. The van der Waals surface area contributed by atoms with E-state index in [0.29, 0.717) is 12.2 Å². The molecule has 0 fully saturated rings. The van der Waals surface area contributed by atoms with Crippen LogP contribution in [0.15, 0.2) is 18.6 Å². The Bertz CT molecular complexity index is 532. The molecule has 0 saturated carbocycles. The Morgan fingerprint density at radius 1 is 1.59 bits per heavy atom. The van der Waals surface area contributed by atoms with Crippen LogP contribution in [0.5, 0.6) is 0 Å². The van der Waals surface area contributed by atoms with E-state index in [0.717, 1.165) is 9.13 Å². The molecule has 6 nitrogen and oxygen atoms in total. The number of hydrogen-bond donors (Lipinski definition) is 1. The van der Waals surface area contributed by atoms with E-state index in [4.69, 9.17) is 0 Å². The average Bonchev–Trinajstić information content (AvgIpc) is 2.86. The second kappa shape index (κ2) is 4.86. The van der Waals surface area contributed by atoms with Gasteiger partial charge in [0.2, 0.25) is 0 Å². The van der Waals surface area contributed by atoms with Crippen molar-refractivity contribution < 1.29 is 4.79 Å². The van der Waals surface area contributed by atoms with E-state index in [1.165, 1.54) is 0 Å². The van der Waals surface area contributed by atoms with Gasteiger partial charge in [-0.25, -0.2) is 0 Å². The number of carbonyl (C=O) groups excluding carboxylic acids is 1. The zero-order valence-corrected chi connectivity index (χ0v) is 11.7. The smallest absolute Gasteiger partial charge is 0.273 e. The van der Waals surface area contributed by atoms with Crippen LogP contribution in [0.2, 0.25) is 0 Å². The van der Waals surface area contributed by atoms with Gasteiger partial charge in [-0.1, -0.05) is 0 Å². The molecule has 2 aromatic rings. The molecule has 0 aromatic carbocycles. The highest BCUT2D eigenvalue weighted by molar-refractivity contribution is 14.1. The Labute approximate surface area is 112 Å². The molecule has 2 rings (SSSR count). The fourth-order valence-corrected chi connectivity index (χ4v) is 2.00. The number of aryl methyl sites for hydroxylation is 1. The first-order valence-electron chi connectivity index (χ1n) is 5.00. The summed E-state index contributed by atoms with van der Waals surface area (Å²) in [7, 11) is 3.61. The molecule has 0 aliphatic rings. The lowest BCUT2D eigenvalue weighted by Gasteiger charge is -2.15. The van der Waals surface area contributed by atoms with Gasteiger partial charge in [-0.15, -0.1) is 0 Å². The SMILES string of the molecule is CN(Cc1cnn(C)c1)C(=O)c1[nH]ncc1I. The summed E-state index contributed by atoms with van der Waals surface area (Å²) >= 11 is 2.08. The van der Waals surface area contributed by atoms with Gasteiger partial charge in [-0.05, 0) is 22.6 Å². The maximum absolute atomic E-state index is 12.1. The molecule has 0 aliphatic heterocycles. The molecular formula is C10H12IN5O. The summed E-state index contributed by atoms with van der Waals surface area (Å²) in [6.45, 7) is 0.530. The van der Waals surface area contributed by atoms with Crippen molar-refractivity contribution in [3.05, 3.63) is 33.4 Å². The van der Waals surface area contributed by atoms with Crippen LogP contribution in [0.3, 0.4) is 0 Å². The van der Waals surface area contributed by atoms with Gasteiger partial charge in [0.1, 0.15) is 5.69 Å². The molecule has 0 atom stereocenters. The van der Waals surface area contributed by atoms with Gasteiger partial charge < -0.3 is 4.90 Å². The molecule has 0 bridgehead atoms. The summed E-state index contributed by atoms with van der Waals surface area (Å²) in [5.41, 5.74) is 1.52. The summed E-state index contributed by atoms with van der Waals surface area (Å²) in [5, 5.41) is 10.6. The first-order valence-corrected chi connectivity index (χ1v) is 6.07. The van der Waals surface area contributed by atoms with Crippen molar-refractivity contribution in [2.24, 2.45) is 7.05 Å². The minimum absolute atomic E-state index is 0.0734. The molecule has 0 radical (unpaired) electrons. The topological polar surface area (TPSA) is 66.8 Å². The van der Waals surface area contributed by atoms with Crippen molar-refractivity contribution in [1.29, 1.82) is 0 Å². The molecule has 2 aromatic heterocycles. The predicted molar refractivity (Wildman–Crippen MR) is 70.3 cm³/mol. The van der Waals surface area contributed by atoms with Gasteiger partial charge in [-0.3, -0.25) is 14.6 Å². The molecule has 2 heterocycles. The summed E-state index contributed by atoms with van der Waals surface area (Å²) in [4.78, 5) is 13.7. The van der Waals surface area contributed by atoms with Crippen molar-refractivity contribution in [2.75, 3.05) is 7.05 Å². The van der Waals surface area contributed by atoms with Crippen molar-refractivity contribution in [1.82, 2.24) is 24.9 Å². The number of rotatable bonds is 3. The third-order valence-electron chi connectivity index (χ3n) is 2.33. The van der Waals surface area contributed by atoms with Crippen LogP contribution in [0.4, 0.5) is 0 Å². The van der Waals surface area contributed by atoms with Crippen LogP contribution in [0, 0.1) is 3.57 Å². The maximum Gasteiger partial charge on any atom is 0.273 e. The highest BCUT2D eigenvalue weighted by Gasteiger charge is 2.17. The molecule has 0 aliphatic carbocycles. The largest absolute Gasteiger partial charge is 0.336 e. The molecule has 0 saturated heterocycles. The fourth-order valence-electron chi connectivity index (χ4n) is 1.51. The Morgan fingerprint density at radius 3 is 2.88 bits per heavy atom. The van der Waals surface area contributed by atoms with Gasteiger partial charge >= 0.3 is 0 Å². The first-order chi connectivity index (χ1) is 8.08. The molecule has 7 heteroatoms. The predicted octanol–water partition coefficient (Wildman–Crippen LogP) is 1.02. The van der Waals surface area contributed by atoms with E-state index in [-0.39, 0.29) is 5.91 Å². The van der Waals surface area contributed by atoms with Gasteiger partial charge in [0.25, 0.3) is 5.91 Å². The number of carbonyl (C=O) groups is 1. The molecule has 1 N–H and O–H groups in total. The highest BCUT2D eigenvalue weighted by Crippen LogP contribution is 2.11. The quantitative estimate of drug-likeness (QED) is 0.845. The number of amides is 1. The fraction of sp³-hybridized carbons (Fsp3) is 0.300. The third-order valence-corrected chi connectivity index (χ3v) is 3.15. The van der Waals surface area contributed by atoms with E-state index >= 15 is 0 Å². The molecule has 0 spiro atoms. The monoisotopic (exact) mass is 345 g/mol. The first kappa shape index (κ1) is 12.1. The number of nitrogens with one attached hydrogen (secondary N) is 1. The summed E-state index contributed by atoms with van der Waals surface area (Å²) < 4.78 is 2.54. The van der Waals surface area contributed by atoms with Crippen molar-refractivity contribution in [3.8, 4) is 0 Å². The molecular weight excluding hydrogens is 333 g/mol. The minimum Gasteiger partial charge on any atom is -0.336 e. The Morgan fingerprint density at radius 2 is 2.35 bits per heavy atom. The van der Waals surface area contributed by atoms with Gasteiger partial charge in [-0.2, -0.15) is 10.2 Å². The van der Waals surface area contributed by atoms with Crippen LogP contribution < -0.4 is 0 Å². The molecule has 0 unspecified atom stereocenters. The summed E-state index contributed by atoms with van der Waals surface area (Å²) in [6, 6.07) is 0. The van der Waals surface area contributed by atoms with Crippen LogP contribution >= 0.6 is 22.6 Å². The zero-order valence-electron chi connectivity index (χ0n) is 9.51. The van der Waals surface area contributed by atoms with E-state index < -0.39 is 0 Å². The number of nitrogens with zero attached hydrogens (tertiary/aromatic N) is 4. The van der Waals surface area contributed by atoms with Gasteiger partial charge in [0.15, 0.2) is 0 Å². The van der Waals surface area contributed by atoms with Gasteiger partial charge in [0, 0.05) is 32.4 Å². The Hall–Kier alpha value is -1.38. The van der Waals surface area contributed by atoms with Crippen LogP contribution in [-0.4, -0.2) is 37.8 Å². The number of H-pyrrole nitrogens is 1. The zero-order chi connectivity index (χ0) is 12.4. The normalized spacial score (nSPS) is 10.5. The van der Waals surface area contributed by atoms with Gasteiger partial charge in [0.05, 0.1) is 16.0 Å². The highest BCUT2D eigenvalue weighted by atomic mass is 127. The number of aromatic amines is 1. The van der Waals surface area contributed by atoms with Crippen molar-refractivity contribution >= 4 is 28.5 Å². The Balaban J connectivity index is 2.08. The van der Waals surface area contributed by atoms with Crippen molar-refractivity contribution in [2.45, 2.75) is 6.54 Å². The van der Waals surface area contributed by atoms with Crippen LogP contribution in [-0.2, 0) is 13.6 Å². The lowest BCUT2D eigenvalue weighted by Crippen LogP contribution is -2.27. The summed E-state index contributed by atoms with van der Waals surface area (Å²) in [5.74, 6) is -0.0734. The second-order valence-corrected chi connectivity index (χ2v) is 4.94. The Kier molecular flexibility index (Phi) is 3.46. The number of hydrogen-bond acceptors (Lipinski definition) is 3. The molecule has 17 heavy (non-hydrogen) atoms. The minimum atomic E-state index is -0.0734. The van der Waals surface area contributed by atoms with E-state index in [1.807, 2.05) is 13.2 Å². The lowest BCUT2D eigenvalue weighted by atomic mass is 10.3. The second-order valence-electron chi connectivity index (χ2n) is 3.78. The van der Waals surface area contributed by atoms with Crippen molar-refractivity contribution in [3.63, 3.8) is 0 Å². The van der Waals surface area contributed by atoms with Crippen LogP contribution in [0.1, 0.15) is 16.1 Å². The van der Waals surface area contributed by atoms with E-state index in [1.54, 1.807) is 29.0 Å².